The van der Waals surface area contributed by atoms with Gasteiger partial charge in [0.25, 0.3) is 11.1 Å². The molecule has 3 rings (SSSR count). The second-order valence-corrected chi connectivity index (χ2v) is 9.87. The van der Waals surface area contributed by atoms with E-state index in [-0.39, 0.29) is 40.1 Å². The van der Waals surface area contributed by atoms with Crippen molar-refractivity contribution in [1.82, 2.24) is 9.36 Å². The van der Waals surface area contributed by atoms with Crippen LogP contribution in [0.5, 0.6) is 11.5 Å². The molecule has 1 N–H and O–H groups in total. The van der Waals surface area contributed by atoms with Gasteiger partial charge in [-0.2, -0.15) is 14.6 Å². The van der Waals surface area contributed by atoms with Gasteiger partial charge in [0.15, 0.2) is 11.5 Å². The van der Waals surface area contributed by atoms with E-state index >= 15 is 0 Å². The Morgan fingerprint density at radius 1 is 1.17 bits per heavy atom. The number of hydrogen-bond donors (Lipinski definition) is 1. The Morgan fingerprint density at radius 2 is 1.89 bits per heavy atom. The molecule has 0 aliphatic heterocycles. The van der Waals surface area contributed by atoms with E-state index < -0.39 is 32.7 Å². The SMILES string of the molecule is CCOc1cc(/C=C(/C#N)C(=O)Nc2nc(S(=O)(=O)CC)ns2)ccc1OC(=O)c1ccc(F)cc1. The molecule has 0 unspecified atom stereocenters. The van der Waals surface area contributed by atoms with Crippen molar-refractivity contribution in [2.24, 2.45) is 0 Å². The molecule has 0 aliphatic carbocycles. The number of rotatable bonds is 9. The van der Waals surface area contributed by atoms with Gasteiger partial charge in [0.2, 0.25) is 15.0 Å². The second kappa shape index (κ2) is 11.5. The van der Waals surface area contributed by atoms with Gasteiger partial charge in [-0.15, -0.1) is 0 Å². The molecule has 0 atom stereocenters. The van der Waals surface area contributed by atoms with Crippen LogP contribution in [-0.2, 0) is 14.6 Å². The summed E-state index contributed by atoms with van der Waals surface area (Å²) in [5.74, 6) is -1.97. The molecule has 2 aromatic carbocycles. The number of aromatic nitrogens is 2. The molecule has 36 heavy (non-hydrogen) atoms. The molecule has 0 saturated heterocycles. The van der Waals surface area contributed by atoms with Gasteiger partial charge in [-0.25, -0.2) is 17.6 Å². The van der Waals surface area contributed by atoms with Crippen LogP contribution in [0.1, 0.15) is 29.8 Å². The Morgan fingerprint density at radius 3 is 2.53 bits per heavy atom. The number of nitrogens with one attached hydrogen (secondary N) is 1. The van der Waals surface area contributed by atoms with Gasteiger partial charge >= 0.3 is 5.97 Å². The number of hydrogen-bond acceptors (Lipinski definition) is 10. The molecule has 10 nitrogen and oxygen atoms in total. The topological polar surface area (TPSA) is 148 Å². The zero-order valence-electron chi connectivity index (χ0n) is 19.0. The van der Waals surface area contributed by atoms with Crippen molar-refractivity contribution in [3.63, 3.8) is 0 Å². The van der Waals surface area contributed by atoms with E-state index in [4.69, 9.17) is 9.47 Å². The first-order valence-corrected chi connectivity index (χ1v) is 12.8. The summed E-state index contributed by atoms with van der Waals surface area (Å²) in [5, 5.41) is 11.3. The minimum absolute atomic E-state index is 0.0776. The lowest BCUT2D eigenvalue weighted by molar-refractivity contribution is -0.112. The van der Waals surface area contributed by atoms with E-state index in [1.54, 1.807) is 13.0 Å². The van der Waals surface area contributed by atoms with E-state index in [2.05, 4.69) is 14.7 Å². The molecule has 3 aromatic rings. The largest absolute Gasteiger partial charge is 0.490 e. The lowest BCUT2D eigenvalue weighted by Gasteiger charge is -2.11. The molecule has 1 aromatic heterocycles. The van der Waals surface area contributed by atoms with Crippen molar-refractivity contribution in [1.29, 1.82) is 5.26 Å². The average Bonchev–Trinajstić information content (AvgIpc) is 3.33. The van der Waals surface area contributed by atoms with Crippen LogP contribution in [0.2, 0.25) is 0 Å². The number of ether oxygens (including phenoxy) is 2. The minimum atomic E-state index is -3.64. The van der Waals surface area contributed by atoms with Crippen LogP contribution in [0.15, 0.2) is 53.2 Å². The highest BCUT2D eigenvalue weighted by atomic mass is 32.2. The molecule has 0 aliphatic rings. The molecule has 0 saturated carbocycles. The number of carbonyl (C=O) groups excluding carboxylic acids is 2. The number of amides is 1. The fraction of sp³-hybridized carbons (Fsp3) is 0.174. The summed E-state index contributed by atoms with van der Waals surface area (Å²) in [6.45, 7) is 3.40. The number of nitrogens with zero attached hydrogens (tertiary/aromatic N) is 3. The van der Waals surface area contributed by atoms with Gasteiger partial charge in [0, 0.05) is 11.5 Å². The van der Waals surface area contributed by atoms with Gasteiger partial charge in [0.1, 0.15) is 17.5 Å². The van der Waals surface area contributed by atoms with Crippen molar-refractivity contribution in [2.45, 2.75) is 19.0 Å². The molecule has 13 heteroatoms. The molecule has 0 bridgehead atoms. The highest BCUT2D eigenvalue weighted by molar-refractivity contribution is 7.91. The first-order valence-electron chi connectivity index (χ1n) is 10.4. The minimum Gasteiger partial charge on any atom is -0.490 e. The maximum absolute atomic E-state index is 13.1. The number of nitriles is 1. The lowest BCUT2D eigenvalue weighted by atomic mass is 10.1. The molecule has 0 spiro atoms. The van der Waals surface area contributed by atoms with Gasteiger partial charge < -0.3 is 9.47 Å². The monoisotopic (exact) mass is 530 g/mol. The smallest absolute Gasteiger partial charge is 0.343 e. The van der Waals surface area contributed by atoms with Crippen LogP contribution < -0.4 is 14.8 Å². The van der Waals surface area contributed by atoms with Crippen LogP contribution in [-0.4, -0.2) is 42.0 Å². The van der Waals surface area contributed by atoms with Gasteiger partial charge in [-0.05, 0) is 55.0 Å². The molecule has 0 radical (unpaired) electrons. The Kier molecular flexibility index (Phi) is 8.46. The van der Waals surface area contributed by atoms with E-state index in [1.807, 2.05) is 0 Å². The summed E-state index contributed by atoms with van der Waals surface area (Å²) in [7, 11) is -3.64. The molecule has 0 fully saturated rings. The van der Waals surface area contributed by atoms with Crippen molar-refractivity contribution >= 4 is 44.5 Å². The zero-order chi connectivity index (χ0) is 26.3. The fourth-order valence-corrected chi connectivity index (χ4v) is 4.29. The average molecular weight is 531 g/mol. The predicted molar refractivity (Wildman–Crippen MR) is 129 cm³/mol. The summed E-state index contributed by atoms with van der Waals surface area (Å²) in [5.41, 5.74) is 0.222. The Balaban J connectivity index is 1.81. The van der Waals surface area contributed by atoms with Crippen LogP contribution in [0, 0.1) is 17.1 Å². The first-order chi connectivity index (χ1) is 17.2. The number of benzene rings is 2. The summed E-state index contributed by atoms with van der Waals surface area (Å²) in [4.78, 5) is 28.7. The van der Waals surface area contributed by atoms with Crippen LogP contribution >= 0.6 is 11.5 Å². The van der Waals surface area contributed by atoms with Gasteiger partial charge in [-0.1, -0.05) is 13.0 Å². The van der Waals surface area contributed by atoms with Crippen molar-refractivity contribution < 1.29 is 31.9 Å². The Hall–Kier alpha value is -4.15. The Labute approximate surface area is 210 Å². The second-order valence-electron chi connectivity index (χ2n) is 6.95. The quantitative estimate of drug-likeness (QED) is 0.189. The number of esters is 1. The lowest BCUT2D eigenvalue weighted by Crippen LogP contribution is -2.14. The summed E-state index contributed by atoms with van der Waals surface area (Å²) >= 11 is 0.672. The molecule has 1 heterocycles. The maximum Gasteiger partial charge on any atom is 0.343 e. The summed E-state index contributed by atoms with van der Waals surface area (Å²) < 4.78 is 51.4. The highest BCUT2D eigenvalue weighted by Crippen LogP contribution is 2.30. The molecular formula is C23H19FN4O6S2. The Bertz CT molecular complexity index is 1460. The van der Waals surface area contributed by atoms with E-state index in [0.717, 1.165) is 12.1 Å². The third-order valence-electron chi connectivity index (χ3n) is 4.51. The number of anilines is 1. The molecular weight excluding hydrogens is 511 g/mol. The summed E-state index contributed by atoms with van der Waals surface area (Å²) in [6.07, 6.45) is 1.27. The summed E-state index contributed by atoms with van der Waals surface area (Å²) in [6, 6.07) is 11.0. The molecule has 186 valence electrons. The van der Waals surface area contributed by atoms with Gasteiger partial charge in [0.05, 0.1) is 17.9 Å². The fourth-order valence-electron chi connectivity index (χ4n) is 2.71. The van der Waals surface area contributed by atoms with E-state index in [1.165, 1.54) is 43.3 Å². The third-order valence-corrected chi connectivity index (χ3v) is 6.76. The maximum atomic E-state index is 13.1. The predicted octanol–water partition coefficient (Wildman–Crippen LogP) is 3.63. The third kappa shape index (κ3) is 6.49. The van der Waals surface area contributed by atoms with Gasteiger partial charge in [-0.3, -0.25) is 10.1 Å². The van der Waals surface area contributed by atoms with Crippen molar-refractivity contribution in [3.05, 3.63) is 65.0 Å². The molecule has 1 amide bonds. The number of sulfone groups is 1. The van der Waals surface area contributed by atoms with Crippen molar-refractivity contribution in [2.75, 3.05) is 17.7 Å². The normalized spacial score (nSPS) is 11.4. The van der Waals surface area contributed by atoms with Crippen LogP contribution in [0.4, 0.5) is 9.52 Å². The number of carbonyl (C=O) groups is 2. The van der Waals surface area contributed by atoms with Crippen molar-refractivity contribution in [3.8, 4) is 17.6 Å². The van der Waals surface area contributed by atoms with E-state index in [9.17, 15) is 27.7 Å². The van der Waals surface area contributed by atoms with Crippen LogP contribution in [0.25, 0.3) is 6.08 Å². The van der Waals surface area contributed by atoms with E-state index in [0.29, 0.717) is 17.1 Å². The van der Waals surface area contributed by atoms with Crippen LogP contribution in [0.3, 0.4) is 0 Å². The number of halogens is 1. The highest BCUT2D eigenvalue weighted by Gasteiger charge is 2.20. The first kappa shape index (κ1) is 26.5. The zero-order valence-corrected chi connectivity index (χ0v) is 20.7. The standard InChI is InChI=1S/C23H19FN4O6S2/c1-3-33-19-12-14(5-10-18(19)34-21(30)15-6-8-17(24)9-7-15)11-16(13-25)20(29)26-22-27-23(28-35-22)36(31,32)4-2/h5-12H,3-4H2,1-2H3,(H,26,27,28,29)/b16-11-.